The highest BCUT2D eigenvalue weighted by molar-refractivity contribution is 9.10. The fourth-order valence-corrected chi connectivity index (χ4v) is 4.46. The van der Waals surface area contributed by atoms with Gasteiger partial charge in [-0.25, -0.2) is 0 Å². The van der Waals surface area contributed by atoms with Gasteiger partial charge in [-0.05, 0) is 67.8 Å². The van der Waals surface area contributed by atoms with E-state index in [2.05, 4.69) is 26.1 Å². The molecule has 1 saturated heterocycles. The summed E-state index contributed by atoms with van der Waals surface area (Å²) in [6, 6.07) is 14.1. The molecule has 2 aromatic carbocycles. The Kier molecular flexibility index (Phi) is 8.71. The molecule has 10 heteroatoms. The first-order chi connectivity index (χ1) is 17.5. The maximum Gasteiger partial charge on any atom is 0.254 e. The Morgan fingerprint density at radius 2 is 1.86 bits per heavy atom. The van der Waals surface area contributed by atoms with Gasteiger partial charge in [0.25, 0.3) is 5.91 Å². The number of nitrogens with zero attached hydrogens (tertiary/aromatic N) is 4. The van der Waals surface area contributed by atoms with E-state index in [-0.39, 0.29) is 24.4 Å². The number of benzene rings is 2. The predicted octanol–water partition coefficient (Wildman–Crippen LogP) is 4.35. The van der Waals surface area contributed by atoms with Gasteiger partial charge in [0.05, 0.1) is 13.7 Å². The molecule has 3 aromatic rings. The van der Waals surface area contributed by atoms with Crippen molar-refractivity contribution in [2.24, 2.45) is 0 Å². The van der Waals surface area contributed by atoms with Crippen molar-refractivity contribution >= 4 is 27.7 Å². The minimum atomic E-state index is -0.330. The SMILES string of the molecule is COCCN(CC(=O)N1CCCCC1c1nc(-c2ccc(Br)cc2)no1)C(=O)c1ccc(OC)cc1. The van der Waals surface area contributed by atoms with Gasteiger partial charge in [0.15, 0.2) is 0 Å². The van der Waals surface area contributed by atoms with Gasteiger partial charge in [-0.15, -0.1) is 0 Å². The number of amides is 2. The average Bonchev–Trinajstić information content (AvgIpc) is 3.41. The standard InChI is InChI=1S/C26H29BrN4O5/c1-34-16-15-30(26(33)19-8-12-21(35-2)13-9-19)17-23(32)31-14-4-3-5-22(31)25-28-24(29-36-25)18-6-10-20(27)11-7-18/h6-13,22H,3-5,14-17H2,1-2H3. The Balaban J connectivity index is 1.50. The lowest BCUT2D eigenvalue weighted by Crippen LogP contribution is -2.46. The number of methoxy groups -OCH3 is 2. The fraction of sp³-hybridized carbons (Fsp3) is 0.385. The molecule has 1 unspecified atom stereocenters. The second-order valence-electron chi connectivity index (χ2n) is 8.51. The number of rotatable bonds is 9. The first-order valence-corrected chi connectivity index (χ1v) is 12.6. The van der Waals surface area contributed by atoms with Gasteiger partial charge in [-0.2, -0.15) is 4.98 Å². The lowest BCUT2D eigenvalue weighted by Gasteiger charge is -2.35. The third kappa shape index (κ3) is 6.11. The molecule has 1 aliphatic heterocycles. The summed E-state index contributed by atoms with van der Waals surface area (Å²) in [6.07, 6.45) is 2.54. The normalized spacial score (nSPS) is 15.5. The van der Waals surface area contributed by atoms with E-state index in [0.29, 0.717) is 42.7 Å². The predicted molar refractivity (Wildman–Crippen MR) is 137 cm³/mol. The fourth-order valence-electron chi connectivity index (χ4n) is 4.20. The van der Waals surface area contributed by atoms with Crippen molar-refractivity contribution in [2.75, 3.05) is 40.5 Å². The summed E-state index contributed by atoms with van der Waals surface area (Å²) in [5.41, 5.74) is 1.31. The van der Waals surface area contributed by atoms with E-state index in [9.17, 15) is 9.59 Å². The molecule has 2 heterocycles. The van der Waals surface area contributed by atoms with E-state index < -0.39 is 0 Å². The van der Waals surface area contributed by atoms with Crippen molar-refractivity contribution in [3.05, 3.63) is 64.5 Å². The van der Waals surface area contributed by atoms with Crippen LogP contribution in [0.2, 0.25) is 0 Å². The largest absolute Gasteiger partial charge is 0.497 e. The summed E-state index contributed by atoms with van der Waals surface area (Å²) in [6.45, 7) is 1.10. The van der Waals surface area contributed by atoms with Gasteiger partial charge in [0, 0.05) is 35.8 Å². The number of hydrogen-bond donors (Lipinski definition) is 0. The number of piperidine rings is 1. The molecule has 2 amide bonds. The van der Waals surface area contributed by atoms with Crippen LogP contribution in [0.25, 0.3) is 11.4 Å². The highest BCUT2D eigenvalue weighted by Gasteiger charge is 2.33. The molecule has 1 atom stereocenters. The summed E-state index contributed by atoms with van der Waals surface area (Å²) >= 11 is 3.43. The lowest BCUT2D eigenvalue weighted by molar-refractivity contribution is -0.136. The van der Waals surface area contributed by atoms with Crippen LogP contribution in [0, 0.1) is 0 Å². The van der Waals surface area contributed by atoms with Gasteiger partial charge in [-0.1, -0.05) is 21.1 Å². The van der Waals surface area contributed by atoms with Gasteiger partial charge in [0.1, 0.15) is 18.3 Å². The molecule has 1 aromatic heterocycles. The van der Waals surface area contributed by atoms with Crippen LogP contribution in [-0.2, 0) is 9.53 Å². The molecule has 4 rings (SSSR count). The Hall–Kier alpha value is -3.24. The minimum absolute atomic E-state index is 0.0710. The van der Waals surface area contributed by atoms with Crippen molar-refractivity contribution < 1.29 is 23.6 Å². The monoisotopic (exact) mass is 556 g/mol. The van der Waals surface area contributed by atoms with Crippen LogP contribution in [0.5, 0.6) is 5.75 Å². The highest BCUT2D eigenvalue weighted by Crippen LogP contribution is 2.31. The van der Waals surface area contributed by atoms with Gasteiger partial charge >= 0.3 is 0 Å². The zero-order valence-corrected chi connectivity index (χ0v) is 21.9. The Labute approximate surface area is 218 Å². The Morgan fingerprint density at radius 1 is 1.11 bits per heavy atom. The molecule has 0 saturated carbocycles. The van der Waals surface area contributed by atoms with Gasteiger partial charge < -0.3 is 23.8 Å². The van der Waals surface area contributed by atoms with E-state index in [0.717, 1.165) is 29.3 Å². The van der Waals surface area contributed by atoms with E-state index in [1.807, 2.05) is 24.3 Å². The molecule has 36 heavy (non-hydrogen) atoms. The number of ether oxygens (including phenoxy) is 2. The van der Waals surface area contributed by atoms with Crippen LogP contribution in [-0.4, -0.2) is 72.2 Å². The van der Waals surface area contributed by atoms with Crippen LogP contribution in [0.1, 0.15) is 41.6 Å². The van der Waals surface area contributed by atoms with Crippen LogP contribution >= 0.6 is 15.9 Å². The molecule has 0 bridgehead atoms. The third-order valence-electron chi connectivity index (χ3n) is 6.17. The lowest BCUT2D eigenvalue weighted by atomic mass is 10.0. The summed E-state index contributed by atoms with van der Waals surface area (Å²) < 4.78 is 16.9. The molecular formula is C26H29BrN4O5. The third-order valence-corrected chi connectivity index (χ3v) is 6.70. The quantitative estimate of drug-likeness (QED) is 0.386. The number of aromatic nitrogens is 2. The Morgan fingerprint density at radius 3 is 2.56 bits per heavy atom. The zero-order valence-electron chi connectivity index (χ0n) is 20.4. The molecule has 0 N–H and O–H groups in total. The second-order valence-corrected chi connectivity index (χ2v) is 9.43. The highest BCUT2D eigenvalue weighted by atomic mass is 79.9. The number of hydrogen-bond acceptors (Lipinski definition) is 7. The van der Waals surface area contributed by atoms with Crippen LogP contribution in [0.4, 0.5) is 0 Å². The second kappa shape index (κ2) is 12.1. The van der Waals surface area contributed by atoms with E-state index >= 15 is 0 Å². The van der Waals surface area contributed by atoms with E-state index in [1.165, 1.54) is 4.90 Å². The Bertz CT molecular complexity index is 1170. The summed E-state index contributed by atoms with van der Waals surface area (Å²) in [4.78, 5) is 34.6. The number of carbonyl (C=O) groups excluding carboxylic acids is 2. The molecule has 0 spiro atoms. The maximum absolute atomic E-state index is 13.5. The average molecular weight is 557 g/mol. The zero-order chi connectivity index (χ0) is 25.5. The van der Waals surface area contributed by atoms with Crippen LogP contribution in [0.3, 0.4) is 0 Å². The van der Waals surface area contributed by atoms with Crippen molar-refractivity contribution in [1.29, 1.82) is 0 Å². The summed E-state index contributed by atoms with van der Waals surface area (Å²) in [5, 5.41) is 4.14. The van der Waals surface area contributed by atoms with Crippen molar-refractivity contribution in [2.45, 2.75) is 25.3 Å². The molecule has 1 fully saturated rings. The first kappa shape index (κ1) is 25.8. The molecule has 0 aliphatic carbocycles. The van der Waals surface area contributed by atoms with Crippen molar-refractivity contribution in [1.82, 2.24) is 19.9 Å². The van der Waals surface area contributed by atoms with E-state index in [1.54, 1.807) is 43.4 Å². The topological polar surface area (TPSA) is 98.0 Å². The van der Waals surface area contributed by atoms with Crippen LogP contribution in [0.15, 0.2) is 57.5 Å². The van der Waals surface area contributed by atoms with E-state index in [4.69, 9.17) is 14.0 Å². The maximum atomic E-state index is 13.5. The molecule has 190 valence electrons. The molecular weight excluding hydrogens is 528 g/mol. The summed E-state index contributed by atoms with van der Waals surface area (Å²) in [7, 11) is 3.14. The number of likely N-dealkylation sites (tertiary alicyclic amines) is 1. The minimum Gasteiger partial charge on any atom is -0.497 e. The molecule has 0 radical (unpaired) electrons. The first-order valence-electron chi connectivity index (χ1n) is 11.8. The summed E-state index contributed by atoms with van der Waals surface area (Å²) in [5.74, 6) is 1.13. The number of carbonyl (C=O) groups is 2. The van der Waals surface area contributed by atoms with Gasteiger partial charge in [-0.3, -0.25) is 9.59 Å². The van der Waals surface area contributed by atoms with Crippen molar-refractivity contribution in [3.63, 3.8) is 0 Å². The van der Waals surface area contributed by atoms with Gasteiger partial charge in [0.2, 0.25) is 17.6 Å². The number of halogens is 1. The molecule has 9 nitrogen and oxygen atoms in total. The molecule has 1 aliphatic rings. The van der Waals surface area contributed by atoms with Crippen molar-refractivity contribution in [3.8, 4) is 17.1 Å². The van der Waals surface area contributed by atoms with Crippen LogP contribution < -0.4 is 4.74 Å². The smallest absolute Gasteiger partial charge is 0.254 e.